The van der Waals surface area contributed by atoms with Gasteiger partial charge in [-0.05, 0) is 31.9 Å². The Morgan fingerprint density at radius 3 is 2.43 bits per heavy atom. The van der Waals surface area contributed by atoms with Crippen LogP contribution in [0.5, 0.6) is 0 Å². The van der Waals surface area contributed by atoms with E-state index in [1.165, 1.54) is 24.8 Å². The van der Waals surface area contributed by atoms with Crippen molar-refractivity contribution >= 4 is 17.5 Å². The molecule has 23 heavy (non-hydrogen) atoms. The van der Waals surface area contributed by atoms with E-state index in [-0.39, 0.29) is 17.7 Å². The molecule has 1 aromatic rings. The van der Waals surface area contributed by atoms with E-state index in [1.54, 1.807) is 4.90 Å². The Bertz CT molecular complexity index is 576. The van der Waals surface area contributed by atoms with E-state index in [2.05, 4.69) is 0 Å². The lowest BCUT2D eigenvalue weighted by atomic mass is 9.93. The molecule has 1 aromatic carbocycles. The number of carbonyl (C=O) groups is 2. The van der Waals surface area contributed by atoms with E-state index in [0.717, 1.165) is 18.5 Å². The molecule has 2 aliphatic rings. The zero-order chi connectivity index (χ0) is 16.4. The van der Waals surface area contributed by atoms with Crippen molar-refractivity contribution in [3.63, 3.8) is 0 Å². The van der Waals surface area contributed by atoms with Crippen molar-refractivity contribution in [2.45, 2.75) is 51.5 Å². The average Bonchev–Trinajstić information content (AvgIpc) is 2.97. The maximum absolute atomic E-state index is 12.8. The number of rotatable bonds is 3. The van der Waals surface area contributed by atoms with Gasteiger partial charge in [0.25, 0.3) is 0 Å². The minimum Gasteiger partial charge on any atom is -0.342 e. The van der Waals surface area contributed by atoms with Crippen LogP contribution in [0.15, 0.2) is 24.3 Å². The number of hydrogen-bond acceptors (Lipinski definition) is 2. The highest BCUT2D eigenvalue weighted by molar-refractivity contribution is 6.00. The van der Waals surface area contributed by atoms with Gasteiger partial charge in [-0.3, -0.25) is 9.59 Å². The Morgan fingerprint density at radius 2 is 1.78 bits per heavy atom. The molecule has 1 aliphatic carbocycles. The van der Waals surface area contributed by atoms with Crippen molar-refractivity contribution in [3.05, 3.63) is 29.8 Å². The molecule has 1 atom stereocenters. The van der Waals surface area contributed by atoms with Gasteiger partial charge in [0.05, 0.1) is 5.92 Å². The third-order valence-electron chi connectivity index (χ3n) is 5.29. The van der Waals surface area contributed by atoms with Crippen LogP contribution >= 0.6 is 0 Å². The quantitative estimate of drug-likeness (QED) is 0.860. The maximum Gasteiger partial charge on any atom is 0.228 e. The summed E-state index contributed by atoms with van der Waals surface area (Å²) in [5, 5.41) is 0. The Labute approximate surface area is 138 Å². The van der Waals surface area contributed by atoms with Gasteiger partial charge in [0.1, 0.15) is 0 Å². The molecule has 1 saturated heterocycles. The molecule has 3 rings (SSSR count). The predicted molar refractivity (Wildman–Crippen MR) is 91.3 cm³/mol. The monoisotopic (exact) mass is 314 g/mol. The number of benzene rings is 1. The number of hydrogen-bond donors (Lipinski definition) is 0. The molecule has 4 nitrogen and oxygen atoms in total. The fourth-order valence-corrected chi connectivity index (χ4v) is 3.78. The van der Waals surface area contributed by atoms with E-state index in [0.29, 0.717) is 19.0 Å². The van der Waals surface area contributed by atoms with Crippen LogP contribution < -0.4 is 4.90 Å². The Balaban J connectivity index is 1.66. The highest BCUT2D eigenvalue weighted by Gasteiger charge is 2.37. The predicted octanol–water partition coefficient (Wildman–Crippen LogP) is 3.14. The normalized spacial score (nSPS) is 22.4. The van der Waals surface area contributed by atoms with Gasteiger partial charge >= 0.3 is 0 Å². The van der Waals surface area contributed by atoms with Gasteiger partial charge in [0.2, 0.25) is 11.8 Å². The molecule has 2 amide bonds. The summed E-state index contributed by atoms with van der Waals surface area (Å²) in [6.07, 6.45) is 6.24. The molecular weight excluding hydrogens is 288 g/mol. The molecule has 0 bridgehead atoms. The summed E-state index contributed by atoms with van der Waals surface area (Å²) in [4.78, 5) is 28.8. The maximum atomic E-state index is 12.8. The van der Waals surface area contributed by atoms with E-state index < -0.39 is 0 Å². The van der Waals surface area contributed by atoms with Gasteiger partial charge in [-0.15, -0.1) is 0 Å². The Kier molecular flexibility index (Phi) is 4.69. The number of nitrogens with zero attached hydrogens (tertiary/aromatic N) is 2. The first-order chi connectivity index (χ1) is 11.1. The lowest BCUT2D eigenvalue weighted by molar-refractivity contribution is -0.137. The molecule has 2 fully saturated rings. The highest BCUT2D eigenvalue weighted by Crippen LogP contribution is 2.28. The lowest BCUT2D eigenvalue weighted by Crippen LogP contribution is -2.42. The minimum absolute atomic E-state index is 0.0595. The summed E-state index contributed by atoms with van der Waals surface area (Å²) >= 11 is 0. The van der Waals surface area contributed by atoms with Crippen LogP contribution in [0.1, 0.15) is 44.1 Å². The first kappa shape index (κ1) is 16.0. The van der Waals surface area contributed by atoms with Crippen LogP contribution in [-0.4, -0.2) is 36.3 Å². The van der Waals surface area contributed by atoms with Gasteiger partial charge in [-0.1, -0.05) is 37.0 Å². The fraction of sp³-hybridized carbons (Fsp3) is 0.579. The Hall–Kier alpha value is -1.84. The smallest absolute Gasteiger partial charge is 0.228 e. The average molecular weight is 314 g/mol. The van der Waals surface area contributed by atoms with Crippen molar-refractivity contribution < 1.29 is 9.59 Å². The third kappa shape index (κ3) is 3.41. The minimum atomic E-state index is -0.198. The van der Waals surface area contributed by atoms with Gasteiger partial charge in [0, 0.05) is 31.7 Å². The molecule has 0 aromatic heterocycles. The largest absolute Gasteiger partial charge is 0.342 e. The summed E-state index contributed by atoms with van der Waals surface area (Å²) in [6, 6.07) is 8.30. The first-order valence-corrected chi connectivity index (χ1v) is 8.70. The van der Waals surface area contributed by atoms with Crippen LogP contribution in [0, 0.1) is 12.8 Å². The number of anilines is 1. The van der Waals surface area contributed by atoms with Crippen LogP contribution in [0.3, 0.4) is 0 Å². The zero-order valence-corrected chi connectivity index (χ0v) is 14.1. The van der Waals surface area contributed by atoms with Crippen LogP contribution in [-0.2, 0) is 9.59 Å². The molecule has 1 aliphatic heterocycles. The fourth-order valence-electron chi connectivity index (χ4n) is 3.78. The number of amides is 2. The second-order valence-electron chi connectivity index (χ2n) is 6.98. The molecule has 0 spiro atoms. The van der Waals surface area contributed by atoms with Crippen LogP contribution in [0.2, 0.25) is 0 Å². The molecular formula is C19H26N2O2. The molecule has 4 heteroatoms. The van der Waals surface area contributed by atoms with Gasteiger partial charge < -0.3 is 9.80 Å². The summed E-state index contributed by atoms with van der Waals surface area (Å²) in [5.74, 6) is -0.000150. The second-order valence-corrected chi connectivity index (χ2v) is 6.98. The molecule has 1 unspecified atom stereocenters. The van der Waals surface area contributed by atoms with Crippen LogP contribution in [0.4, 0.5) is 5.69 Å². The SMILES string of the molecule is Cc1ccc(N2CC(C(=O)N(C)C3CCCCC3)CC2=O)cc1. The van der Waals surface area contributed by atoms with E-state index >= 15 is 0 Å². The standard InChI is InChI=1S/C19H26N2O2/c1-14-8-10-17(11-9-14)21-13-15(12-18(21)22)19(23)20(2)16-6-4-3-5-7-16/h8-11,15-16H,3-7,12-13H2,1-2H3. The van der Waals surface area contributed by atoms with Crippen molar-refractivity contribution in [1.29, 1.82) is 0 Å². The topological polar surface area (TPSA) is 40.6 Å². The molecule has 0 radical (unpaired) electrons. The van der Waals surface area contributed by atoms with Crippen molar-refractivity contribution in [2.24, 2.45) is 5.92 Å². The van der Waals surface area contributed by atoms with Gasteiger partial charge in [-0.2, -0.15) is 0 Å². The Morgan fingerprint density at radius 1 is 1.13 bits per heavy atom. The molecule has 124 valence electrons. The van der Waals surface area contributed by atoms with Crippen molar-refractivity contribution in [3.8, 4) is 0 Å². The van der Waals surface area contributed by atoms with Crippen molar-refractivity contribution in [1.82, 2.24) is 4.90 Å². The van der Waals surface area contributed by atoms with Crippen LogP contribution in [0.25, 0.3) is 0 Å². The summed E-state index contributed by atoms with van der Waals surface area (Å²) < 4.78 is 0. The molecule has 1 saturated carbocycles. The number of aryl methyl sites for hydroxylation is 1. The molecule has 0 N–H and O–H groups in total. The first-order valence-electron chi connectivity index (χ1n) is 8.70. The number of carbonyl (C=O) groups excluding carboxylic acids is 2. The van der Waals surface area contributed by atoms with E-state index in [1.807, 2.05) is 43.1 Å². The highest BCUT2D eigenvalue weighted by atomic mass is 16.2. The molecule has 1 heterocycles. The zero-order valence-electron chi connectivity index (χ0n) is 14.1. The van der Waals surface area contributed by atoms with E-state index in [9.17, 15) is 9.59 Å². The summed E-state index contributed by atoms with van der Waals surface area (Å²) in [6.45, 7) is 2.54. The van der Waals surface area contributed by atoms with E-state index in [4.69, 9.17) is 0 Å². The summed E-state index contributed by atoms with van der Waals surface area (Å²) in [7, 11) is 1.91. The van der Waals surface area contributed by atoms with Crippen molar-refractivity contribution in [2.75, 3.05) is 18.5 Å². The second kappa shape index (κ2) is 6.73. The van der Waals surface area contributed by atoms with Gasteiger partial charge in [0.15, 0.2) is 0 Å². The lowest BCUT2D eigenvalue weighted by Gasteiger charge is -2.32. The van der Waals surface area contributed by atoms with Gasteiger partial charge in [-0.25, -0.2) is 0 Å². The third-order valence-corrected chi connectivity index (χ3v) is 5.29. The summed E-state index contributed by atoms with van der Waals surface area (Å²) in [5.41, 5.74) is 2.07.